The van der Waals surface area contributed by atoms with Crippen LogP contribution in [0.3, 0.4) is 0 Å². The number of primary amides is 1. The van der Waals surface area contributed by atoms with Crippen molar-refractivity contribution in [2.75, 3.05) is 21.3 Å². The highest BCUT2D eigenvalue weighted by Gasteiger charge is 2.36. The molecular formula is C31H49IN4O7. The number of hydrogen-bond acceptors (Lipinski definition) is 7. The lowest BCUT2D eigenvalue weighted by molar-refractivity contribution is -0.134. The van der Waals surface area contributed by atoms with Gasteiger partial charge in [0, 0.05) is 25.1 Å². The Morgan fingerprint density at radius 2 is 1.63 bits per heavy atom. The SMILES string of the molecule is CC[C@H](C)[C@H](NC(=O)[C@H](Cc1cc(/C=C\I)c(OC)cc1OC)N(C)C(=O)OC(C)(C)C)C(=O)N[C@@H](CC(C)C)C(N)=O. The van der Waals surface area contributed by atoms with Crippen LogP contribution in [0.1, 0.15) is 72.4 Å². The van der Waals surface area contributed by atoms with E-state index in [1.807, 2.05) is 43.9 Å². The van der Waals surface area contributed by atoms with E-state index in [1.165, 1.54) is 19.1 Å². The van der Waals surface area contributed by atoms with Gasteiger partial charge in [-0.1, -0.05) is 56.7 Å². The number of amides is 4. The topological polar surface area (TPSA) is 149 Å². The Hall–Kier alpha value is -3.03. The molecule has 4 N–H and O–H groups in total. The van der Waals surface area contributed by atoms with Crippen LogP contribution in [0.2, 0.25) is 0 Å². The highest BCUT2D eigenvalue weighted by molar-refractivity contribution is 14.1. The van der Waals surface area contributed by atoms with Crippen molar-refractivity contribution in [3.05, 3.63) is 27.3 Å². The molecule has 0 saturated carbocycles. The summed E-state index contributed by atoms with van der Waals surface area (Å²) in [6.45, 7) is 12.8. The molecule has 12 heteroatoms. The number of hydrogen-bond donors (Lipinski definition) is 3. The Kier molecular flexibility index (Phi) is 15.3. The molecule has 1 aromatic carbocycles. The van der Waals surface area contributed by atoms with Gasteiger partial charge in [0.15, 0.2) is 0 Å². The summed E-state index contributed by atoms with van der Waals surface area (Å²) in [5, 5.41) is 5.57. The molecule has 1 aromatic rings. The molecule has 0 aliphatic carbocycles. The lowest BCUT2D eigenvalue weighted by Gasteiger charge is -2.33. The first-order chi connectivity index (χ1) is 20.0. The van der Waals surface area contributed by atoms with Gasteiger partial charge in [-0.2, -0.15) is 0 Å². The summed E-state index contributed by atoms with van der Waals surface area (Å²) in [6.07, 6.45) is 2.11. The van der Waals surface area contributed by atoms with Gasteiger partial charge in [0.05, 0.1) is 14.2 Å². The van der Waals surface area contributed by atoms with Crippen molar-refractivity contribution >= 4 is 52.5 Å². The van der Waals surface area contributed by atoms with E-state index in [2.05, 4.69) is 33.2 Å². The van der Waals surface area contributed by atoms with E-state index in [1.54, 1.807) is 33.9 Å². The van der Waals surface area contributed by atoms with E-state index in [-0.39, 0.29) is 18.3 Å². The second kappa shape index (κ2) is 17.3. The lowest BCUT2D eigenvalue weighted by Crippen LogP contribution is -2.59. The standard InChI is InChI=1S/C31H49IN4O7/c1-11-19(4)26(29(39)34-22(27(33)37)14-18(2)3)35-28(38)23(36(8)30(40)43-31(5,6)7)16-21-15-20(12-13-32)24(41-9)17-25(21)42-10/h12-13,15,17-19,22-23,26H,11,14,16H2,1-10H3,(H2,33,37)(H,34,39)(H,35,38)/b13-12-/t19-,22-,23-,26-/m0/s1. The highest BCUT2D eigenvalue weighted by atomic mass is 127. The zero-order valence-electron chi connectivity index (χ0n) is 27.1. The van der Waals surface area contributed by atoms with Crippen LogP contribution < -0.4 is 25.8 Å². The number of nitrogens with two attached hydrogens (primary N) is 1. The number of ether oxygens (including phenoxy) is 3. The van der Waals surface area contributed by atoms with Gasteiger partial charge in [0.1, 0.15) is 35.2 Å². The number of benzene rings is 1. The first-order valence-corrected chi connectivity index (χ1v) is 15.6. The van der Waals surface area contributed by atoms with Crippen LogP contribution in [0, 0.1) is 11.8 Å². The Bertz CT molecular complexity index is 1150. The van der Waals surface area contributed by atoms with Gasteiger partial charge in [0.2, 0.25) is 17.7 Å². The summed E-state index contributed by atoms with van der Waals surface area (Å²) in [4.78, 5) is 53.9. The van der Waals surface area contributed by atoms with Crippen molar-refractivity contribution in [1.29, 1.82) is 0 Å². The largest absolute Gasteiger partial charge is 0.496 e. The first-order valence-electron chi connectivity index (χ1n) is 14.4. The fourth-order valence-electron chi connectivity index (χ4n) is 4.35. The van der Waals surface area contributed by atoms with Gasteiger partial charge in [-0.15, -0.1) is 0 Å². The summed E-state index contributed by atoms with van der Waals surface area (Å²) < 4.78 is 18.5. The third-order valence-electron chi connectivity index (χ3n) is 6.90. The number of nitrogens with zero attached hydrogens (tertiary/aromatic N) is 1. The molecule has 0 aliphatic rings. The predicted octanol–water partition coefficient (Wildman–Crippen LogP) is 4.43. The second-order valence-corrected chi connectivity index (χ2v) is 12.7. The van der Waals surface area contributed by atoms with E-state index in [0.717, 1.165) is 5.56 Å². The van der Waals surface area contributed by atoms with Crippen molar-refractivity contribution < 1.29 is 33.4 Å². The molecule has 0 aromatic heterocycles. The minimum Gasteiger partial charge on any atom is -0.496 e. The van der Waals surface area contributed by atoms with Crippen LogP contribution >= 0.6 is 22.6 Å². The highest BCUT2D eigenvalue weighted by Crippen LogP contribution is 2.32. The fraction of sp³-hybridized carbons (Fsp3) is 0.613. The molecule has 0 spiro atoms. The third-order valence-corrected chi connectivity index (χ3v) is 7.26. The van der Waals surface area contributed by atoms with Crippen molar-refractivity contribution in [3.8, 4) is 11.5 Å². The summed E-state index contributed by atoms with van der Waals surface area (Å²) in [7, 11) is 4.54. The Morgan fingerprint density at radius 3 is 2.09 bits per heavy atom. The van der Waals surface area contributed by atoms with Crippen LogP contribution in [0.4, 0.5) is 4.79 Å². The predicted molar refractivity (Wildman–Crippen MR) is 176 cm³/mol. The summed E-state index contributed by atoms with van der Waals surface area (Å²) in [6, 6.07) is 0.590. The summed E-state index contributed by atoms with van der Waals surface area (Å²) >= 11 is 2.10. The van der Waals surface area contributed by atoms with E-state index >= 15 is 0 Å². The molecule has 0 bridgehead atoms. The maximum atomic E-state index is 14.0. The van der Waals surface area contributed by atoms with Crippen LogP contribution in [-0.4, -0.2) is 73.7 Å². The molecule has 0 unspecified atom stereocenters. The molecule has 4 amide bonds. The van der Waals surface area contributed by atoms with Crippen LogP contribution in [0.25, 0.3) is 6.08 Å². The number of carbonyl (C=O) groups excluding carboxylic acids is 4. The van der Waals surface area contributed by atoms with Crippen molar-refractivity contribution in [3.63, 3.8) is 0 Å². The maximum Gasteiger partial charge on any atom is 0.410 e. The van der Waals surface area contributed by atoms with Crippen molar-refractivity contribution in [2.24, 2.45) is 17.6 Å². The minimum absolute atomic E-state index is 0.0446. The number of methoxy groups -OCH3 is 2. The fourth-order valence-corrected chi connectivity index (χ4v) is 4.74. The molecule has 242 valence electrons. The number of likely N-dealkylation sites (N-methyl/N-ethyl adjacent to an activating group) is 1. The minimum atomic E-state index is -1.09. The lowest BCUT2D eigenvalue weighted by atomic mass is 9.95. The van der Waals surface area contributed by atoms with Gasteiger partial charge in [-0.05, 0) is 60.8 Å². The first kappa shape index (κ1) is 38.0. The number of rotatable bonds is 15. The van der Waals surface area contributed by atoms with Crippen molar-refractivity contribution in [2.45, 2.75) is 91.5 Å². The number of carbonyl (C=O) groups is 4. The van der Waals surface area contributed by atoms with E-state index in [4.69, 9.17) is 19.9 Å². The van der Waals surface area contributed by atoms with E-state index < -0.39 is 47.5 Å². The van der Waals surface area contributed by atoms with Gasteiger partial charge in [-0.3, -0.25) is 19.3 Å². The Labute approximate surface area is 269 Å². The Morgan fingerprint density at radius 1 is 1.02 bits per heavy atom. The average molecular weight is 717 g/mol. The zero-order chi connectivity index (χ0) is 33.1. The maximum absolute atomic E-state index is 14.0. The molecular weight excluding hydrogens is 667 g/mol. The molecule has 11 nitrogen and oxygen atoms in total. The monoisotopic (exact) mass is 716 g/mol. The normalized spacial score (nSPS) is 14.4. The van der Waals surface area contributed by atoms with Gasteiger partial charge in [0.25, 0.3) is 0 Å². The molecule has 0 fully saturated rings. The van der Waals surface area contributed by atoms with Crippen LogP contribution in [0.5, 0.6) is 11.5 Å². The molecule has 0 aliphatic heterocycles. The molecule has 0 saturated heterocycles. The molecule has 1 rings (SSSR count). The average Bonchev–Trinajstić information content (AvgIpc) is 2.92. The zero-order valence-corrected chi connectivity index (χ0v) is 29.2. The summed E-state index contributed by atoms with van der Waals surface area (Å²) in [5.41, 5.74) is 6.15. The third kappa shape index (κ3) is 11.9. The quantitative estimate of drug-likeness (QED) is 0.228. The second-order valence-electron chi connectivity index (χ2n) is 12.0. The number of nitrogens with one attached hydrogen (secondary N) is 2. The molecule has 0 radical (unpaired) electrons. The van der Waals surface area contributed by atoms with E-state index in [0.29, 0.717) is 29.9 Å². The van der Waals surface area contributed by atoms with Gasteiger partial charge >= 0.3 is 6.09 Å². The molecule has 4 atom stereocenters. The smallest absolute Gasteiger partial charge is 0.410 e. The van der Waals surface area contributed by atoms with Crippen molar-refractivity contribution in [1.82, 2.24) is 15.5 Å². The van der Waals surface area contributed by atoms with Gasteiger partial charge < -0.3 is 30.6 Å². The van der Waals surface area contributed by atoms with Crippen LogP contribution in [0.15, 0.2) is 16.2 Å². The molecule has 0 heterocycles. The van der Waals surface area contributed by atoms with E-state index in [9.17, 15) is 19.2 Å². The number of halogens is 1. The molecule has 43 heavy (non-hydrogen) atoms. The van der Waals surface area contributed by atoms with Gasteiger partial charge in [-0.25, -0.2) is 4.79 Å². The Balaban J connectivity index is 3.56. The van der Waals surface area contributed by atoms with Crippen LogP contribution in [-0.2, 0) is 25.5 Å². The summed E-state index contributed by atoms with van der Waals surface area (Å²) in [5.74, 6) is -0.894.